The lowest BCUT2D eigenvalue weighted by Crippen LogP contribution is -2.22. The van der Waals surface area contributed by atoms with Crippen molar-refractivity contribution >= 4 is 11.0 Å². The molecule has 0 aliphatic heterocycles. The van der Waals surface area contributed by atoms with Gasteiger partial charge in [0.1, 0.15) is 11.0 Å². The van der Waals surface area contributed by atoms with Gasteiger partial charge < -0.3 is 14.8 Å². The number of hydrogen-bond donors (Lipinski definition) is 2. The summed E-state index contributed by atoms with van der Waals surface area (Å²) >= 11 is 0. The van der Waals surface area contributed by atoms with E-state index in [1.54, 1.807) is 31.8 Å². The van der Waals surface area contributed by atoms with Crippen molar-refractivity contribution in [2.24, 2.45) is 7.05 Å². The zero-order valence-corrected chi connectivity index (χ0v) is 12.1. The van der Waals surface area contributed by atoms with Crippen LogP contribution in [0.1, 0.15) is 31.7 Å². The Bertz CT molecular complexity index is 670. The summed E-state index contributed by atoms with van der Waals surface area (Å²) in [5.41, 5.74) is 1.46. The third-order valence-corrected chi connectivity index (χ3v) is 3.58. The number of aliphatic hydroxyl groups is 1. The molecule has 6 nitrogen and oxygen atoms in total. The Labute approximate surface area is 117 Å². The zero-order chi connectivity index (χ0) is 14.9. The van der Waals surface area contributed by atoms with Gasteiger partial charge in [-0.25, -0.2) is 4.98 Å². The summed E-state index contributed by atoms with van der Waals surface area (Å²) in [7, 11) is 1.77. The van der Waals surface area contributed by atoms with E-state index < -0.39 is 0 Å². The average Bonchev–Trinajstić information content (AvgIpc) is 2.77. The van der Waals surface area contributed by atoms with Gasteiger partial charge in [-0.15, -0.1) is 0 Å². The van der Waals surface area contributed by atoms with Gasteiger partial charge in [-0.3, -0.25) is 9.36 Å². The number of fused-ring (bicyclic) bond motifs is 1. The van der Waals surface area contributed by atoms with Crippen molar-refractivity contribution in [2.75, 3.05) is 0 Å². The van der Waals surface area contributed by atoms with E-state index in [0.29, 0.717) is 29.6 Å². The highest BCUT2D eigenvalue weighted by Crippen LogP contribution is 2.22. The van der Waals surface area contributed by atoms with E-state index in [0.717, 1.165) is 12.8 Å². The Morgan fingerprint density at radius 3 is 2.75 bits per heavy atom. The van der Waals surface area contributed by atoms with E-state index in [1.165, 1.54) is 4.57 Å². The van der Waals surface area contributed by atoms with Gasteiger partial charge in [0.15, 0.2) is 5.88 Å². The maximum atomic E-state index is 12.4. The van der Waals surface area contributed by atoms with E-state index >= 15 is 0 Å². The van der Waals surface area contributed by atoms with Crippen molar-refractivity contribution in [1.82, 2.24) is 14.1 Å². The van der Waals surface area contributed by atoms with Crippen LogP contribution in [-0.4, -0.2) is 30.4 Å². The van der Waals surface area contributed by atoms with Crippen LogP contribution in [0.3, 0.4) is 0 Å². The molecule has 6 heteroatoms. The molecule has 0 radical (unpaired) electrons. The Morgan fingerprint density at radius 1 is 1.40 bits per heavy atom. The van der Waals surface area contributed by atoms with Crippen LogP contribution in [0.2, 0.25) is 0 Å². The summed E-state index contributed by atoms with van der Waals surface area (Å²) in [6.07, 6.45) is 3.49. The Hall–Kier alpha value is -1.82. The van der Waals surface area contributed by atoms with Crippen molar-refractivity contribution in [2.45, 2.75) is 45.8 Å². The summed E-state index contributed by atoms with van der Waals surface area (Å²) in [4.78, 5) is 16.6. The SMILES string of the molecule is Cc1c(O)n(CCCCC(C)O)c(=O)c2c1ncn2C. The lowest BCUT2D eigenvalue weighted by atomic mass is 10.1. The first kappa shape index (κ1) is 14.6. The van der Waals surface area contributed by atoms with Crippen LogP contribution in [-0.2, 0) is 13.6 Å². The molecular weight excluding hydrogens is 258 g/mol. The molecule has 2 aromatic rings. The molecule has 0 amide bonds. The van der Waals surface area contributed by atoms with Crippen molar-refractivity contribution in [3.8, 4) is 5.88 Å². The molecule has 2 heterocycles. The molecule has 0 aliphatic carbocycles. The lowest BCUT2D eigenvalue weighted by Gasteiger charge is -2.12. The zero-order valence-electron chi connectivity index (χ0n) is 12.1. The van der Waals surface area contributed by atoms with Crippen LogP contribution >= 0.6 is 0 Å². The number of pyridine rings is 1. The first-order chi connectivity index (χ1) is 9.43. The molecule has 2 N–H and O–H groups in total. The van der Waals surface area contributed by atoms with Crippen LogP contribution < -0.4 is 5.56 Å². The molecule has 0 aromatic carbocycles. The minimum atomic E-state index is -0.332. The van der Waals surface area contributed by atoms with Gasteiger partial charge >= 0.3 is 0 Å². The Kier molecular flexibility index (Phi) is 4.13. The maximum absolute atomic E-state index is 12.4. The highest BCUT2D eigenvalue weighted by atomic mass is 16.3. The smallest absolute Gasteiger partial charge is 0.279 e. The van der Waals surface area contributed by atoms with Crippen LogP contribution in [0.15, 0.2) is 11.1 Å². The number of aliphatic hydroxyl groups excluding tert-OH is 1. The quantitative estimate of drug-likeness (QED) is 0.808. The van der Waals surface area contributed by atoms with Crippen LogP contribution in [0, 0.1) is 6.92 Å². The first-order valence-corrected chi connectivity index (χ1v) is 6.85. The van der Waals surface area contributed by atoms with Crippen LogP contribution in [0.25, 0.3) is 11.0 Å². The Morgan fingerprint density at radius 2 is 2.10 bits per heavy atom. The molecule has 0 aliphatic rings. The van der Waals surface area contributed by atoms with Gasteiger partial charge in [0.05, 0.1) is 12.4 Å². The average molecular weight is 279 g/mol. The number of aromatic nitrogens is 3. The number of aromatic hydroxyl groups is 1. The molecular formula is C14H21N3O3. The predicted octanol–water partition coefficient (Wildman–Crippen LogP) is 1.30. The third-order valence-electron chi connectivity index (χ3n) is 3.58. The van der Waals surface area contributed by atoms with Gasteiger partial charge in [0.25, 0.3) is 5.56 Å². The number of hydrogen-bond acceptors (Lipinski definition) is 4. The fraction of sp³-hybridized carbons (Fsp3) is 0.571. The van der Waals surface area contributed by atoms with Crippen molar-refractivity contribution in [3.05, 3.63) is 22.2 Å². The largest absolute Gasteiger partial charge is 0.494 e. The summed E-state index contributed by atoms with van der Waals surface area (Å²) < 4.78 is 3.07. The first-order valence-electron chi connectivity index (χ1n) is 6.85. The topological polar surface area (TPSA) is 80.3 Å². The van der Waals surface area contributed by atoms with Gasteiger partial charge in [-0.05, 0) is 33.1 Å². The van der Waals surface area contributed by atoms with Crippen LogP contribution in [0.5, 0.6) is 5.88 Å². The number of unbranched alkanes of at least 4 members (excludes halogenated alkanes) is 1. The molecule has 110 valence electrons. The normalized spacial score (nSPS) is 13.0. The summed E-state index contributed by atoms with van der Waals surface area (Å²) in [6.45, 7) is 3.95. The van der Waals surface area contributed by atoms with Gasteiger partial charge in [-0.1, -0.05) is 0 Å². The fourth-order valence-electron chi connectivity index (χ4n) is 2.41. The number of imidazole rings is 1. The fourth-order valence-corrected chi connectivity index (χ4v) is 2.41. The molecule has 1 atom stereocenters. The van der Waals surface area contributed by atoms with E-state index in [9.17, 15) is 15.0 Å². The lowest BCUT2D eigenvalue weighted by molar-refractivity contribution is 0.180. The molecule has 0 saturated carbocycles. The van der Waals surface area contributed by atoms with E-state index in [1.807, 2.05) is 0 Å². The maximum Gasteiger partial charge on any atom is 0.279 e. The Balaban J connectivity index is 2.33. The summed E-state index contributed by atoms with van der Waals surface area (Å²) in [6, 6.07) is 0. The van der Waals surface area contributed by atoms with Gasteiger partial charge in [0.2, 0.25) is 0 Å². The molecule has 0 saturated heterocycles. The second kappa shape index (κ2) is 5.66. The molecule has 2 aromatic heterocycles. The van der Waals surface area contributed by atoms with E-state index in [2.05, 4.69) is 4.98 Å². The van der Waals surface area contributed by atoms with Crippen molar-refractivity contribution < 1.29 is 10.2 Å². The minimum absolute atomic E-state index is 0.0155. The number of nitrogens with zero attached hydrogens (tertiary/aromatic N) is 3. The molecule has 1 unspecified atom stereocenters. The molecule has 0 spiro atoms. The molecule has 20 heavy (non-hydrogen) atoms. The third kappa shape index (κ3) is 2.56. The summed E-state index contributed by atoms with van der Waals surface area (Å²) in [5.74, 6) is -0.0155. The van der Waals surface area contributed by atoms with Gasteiger partial charge in [-0.2, -0.15) is 0 Å². The monoisotopic (exact) mass is 279 g/mol. The molecule has 2 rings (SSSR count). The number of rotatable bonds is 5. The van der Waals surface area contributed by atoms with Crippen LogP contribution in [0.4, 0.5) is 0 Å². The number of aryl methyl sites for hydroxylation is 2. The summed E-state index contributed by atoms with van der Waals surface area (Å²) in [5, 5.41) is 19.4. The van der Waals surface area contributed by atoms with E-state index in [4.69, 9.17) is 0 Å². The van der Waals surface area contributed by atoms with E-state index in [-0.39, 0.29) is 17.5 Å². The van der Waals surface area contributed by atoms with Crippen molar-refractivity contribution in [1.29, 1.82) is 0 Å². The second-order valence-electron chi connectivity index (χ2n) is 5.30. The highest BCUT2D eigenvalue weighted by molar-refractivity contribution is 5.79. The minimum Gasteiger partial charge on any atom is -0.494 e. The van der Waals surface area contributed by atoms with Gasteiger partial charge in [0, 0.05) is 19.2 Å². The molecule has 0 fully saturated rings. The second-order valence-corrected chi connectivity index (χ2v) is 5.30. The highest BCUT2D eigenvalue weighted by Gasteiger charge is 2.16. The molecule has 0 bridgehead atoms. The predicted molar refractivity (Wildman–Crippen MR) is 76.9 cm³/mol. The standard InChI is InChI=1S/C14H21N3O3/c1-9(18)6-4-5-7-17-13(19)10(2)11-12(14(17)20)16(3)8-15-11/h8-9,18-19H,4-7H2,1-3H3. The van der Waals surface area contributed by atoms with Crippen molar-refractivity contribution in [3.63, 3.8) is 0 Å².